The van der Waals surface area contributed by atoms with E-state index in [1.807, 2.05) is 14.1 Å². The summed E-state index contributed by atoms with van der Waals surface area (Å²) >= 11 is 0. The Bertz CT molecular complexity index is 303. The normalized spacial score (nSPS) is 15.1. The van der Waals surface area contributed by atoms with Crippen LogP contribution in [0.15, 0.2) is 24.3 Å². The van der Waals surface area contributed by atoms with Crippen molar-refractivity contribution in [2.24, 2.45) is 5.73 Å². The van der Waals surface area contributed by atoms with Crippen molar-refractivity contribution >= 4 is 0 Å². The van der Waals surface area contributed by atoms with E-state index >= 15 is 0 Å². The van der Waals surface area contributed by atoms with Crippen molar-refractivity contribution in [1.82, 2.24) is 4.90 Å². The average molecular weight is 220 g/mol. The van der Waals surface area contributed by atoms with E-state index in [0.717, 1.165) is 6.54 Å². The van der Waals surface area contributed by atoms with Gasteiger partial charge < -0.3 is 10.6 Å². The molecule has 0 radical (unpaired) electrons. The molecule has 2 heteroatoms. The van der Waals surface area contributed by atoms with Gasteiger partial charge in [0.2, 0.25) is 0 Å². The molecule has 0 aliphatic heterocycles. The molecular formula is C14H24N2. The highest BCUT2D eigenvalue weighted by Crippen LogP contribution is 2.20. The maximum Gasteiger partial charge on any atom is 0.0424 e. The minimum atomic E-state index is 0.112. The molecule has 1 aromatic carbocycles. The lowest BCUT2D eigenvalue weighted by molar-refractivity contribution is 0.376. The number of hydrogen-bond donors (Lipinski definition) is 1. The maximum absolute atomic E-state index is 6.11. The molecule has 1 aromatic rings. The van der Waals surface area contributed by atoms with E-state index in [4.69, 9.17) is 5.73 Å². The van der Waals surface area contributed by atoms with Crippen molar-refractivity contribution in [3.05, 3.63) is 35.4 Å². The molecule has 0 amide bonds. The molecule has 2 atom stereocenters. The first-order valence-corrected chi connectivity index (χ1v) is 6.04. The number of likely N-dealkylation sites (N-methyl/N-ethyl adjacent to an activating group) is 1. The molecule has 0 bridgehead atoms. The average Bonchev–Trinajstić information content (AvgIpc) is 2.27. The molecule has 0 saturated carbocycles. The number of nitrogens with zero attached hydrogens (tertiary/aromatic N) is 1. The lowest BCUT2D eigenvalue weighted by Gasteiger charge is -2.18. The minimum absolute atomic E-state index is 0.112. The van der Waals surface area contributed by atoms with Crippen molar-refractivity contribution in [2.75, 3.05) is 20.6 Å². The molecule has 0 fully saturated rings. The molecule has 2 nitrogen and oxygen atoms in total. The van der Waals surface area contributed by atoms with E-state index < -0.39 is 0 Å². The monoisotopic (exact) mass is 220 g/mol. The smallest absolute Gasteiger partial charge is 0.0424 e. The zero-order valence-corrected chi connectivity index (χ0v) is 10.9. The van der Waals surface area contributed by atoms with Gasteiger partial charge in [0, 0.05) is 12.6 Å². The van der Waals surface area contributed by atoms with E-state index in [1.54, 1.807) is 0 Å². The molecule has 0 aliphatic rings. The van der Waals surface area contributed by atoms with Gasteiger partial charge in [-0.25, -0.2) is 0 Å². The number of nitrogens with two attached hydrogens (primary N) is 1. The molecule has 0 spiro atoms. The molecule has 16 heavy (non-hydrogen) atoms. The van der Waals surface area contributed by atoms with E-state index in [2.05, 4.69) is 43.0 Å². The zero-order valence-electron chi connectivity index (χ0n) is 10.9. The van der Waals surface area contributed by atoms with Gasteiger partial charge in [0.1, 0.15) is 0 Å². The van der Waals surface area contributed by atoms with Gasteiger partial charge in [0.05, 0.1) is 0 Å². The second-order valence-corrected chi connectivity index (χ2v) is 4.84. The van der Waals surface area contributed by atoms with E-state index in [-0.39, 0.29) is 6.04 Å². The van der Waals surface area contributed by atoms with Crippen LogP contribution in [-0.2, 0) is 0 Å². The van der Waals surface area contributed by atoms with E-state index in [0.29, 0.717) is 5.92 Å². The fraction of sp³-hybridized carbons (Fsp3) is 0.571. The van der Waals surface area contributed by atoms with Crippen LogP contribution in [0.25, 0.3) is 0 Å². The molecule has 0 heterocycles. The SMILES string of the molecule is CCC(C)c1ccc(C(N)CN(C)C)cc1. The van der Waals surface area contributed by atoms with Gasteiger partial charge in [0.25, 0.3) is 0 Å². The second kappa shape index (κ2) is 6.02. The fourth-order valence-corrected chi connectivity index (χ4v) is 1.81. The van der Waals surface area contributed by atoms with Crippen LogP contribution in [-0.4, -0.2) is 25.5 Å². The molecular weight excluding hydrogens is 196 g/mol. The lowest BCUT2D eigenvalue weighted by Crippen LogP contribution is -2.25. The first-order valence-electron chi connectivity index (χ1n) is 6.04. The molecule has 0 aromatic heterocycles. The minimum Gasteiger partial charge on any atom is -0.323 e. The maximum atomic E-state index is 6.11. The van der Waals surface area contributed by atoms with Crippen LogP contribution >= 0.6 is 0 Å². The lowest BCUT2D eigenvalue weighted by atomic mass is 9.96. The Hall–Kier alpha value is -0.860. The van der Waals surface area contributed by atoms with E-state index in [9.17, 15) is 0 Å². The molecule has 2 N–H and O–H groups in total. The predicted molar refractivity (Wildman–Crippen MR) is 70.6 cm³/mol. The van der Waals surface area contributed by atoms with Gasteiger partial charge in [0.15, 0.2) is 0 Å². The molecule has 0 aliphatic carbocycles. The Morgan fingerprint density at radius 1 is 1.12 bits per heavy atom. The molecule has 1 rings (SSSR count). The second-order valence-electron chi connectivity index (χ2n) is 4.84. The largest absolute Gasteiger partial charge is 0.323 e. The fourth-order valence-electron chi connectivity index (χ4n) is 1.81. The first kappa shape index (κ1) is 13.2. The summed E-state index contributed by atoms with van der Waals surface area (Å²) in [5.41, 5.74) is 8.74. The Labute approximate surface area is 99.5 Å². The molecule has 0 saturated heterocycles. The highest BCUT2D eigenvalue weighted by Gasteiger charge is 2.08. The Kier molecular flexibility index (Phi) is 4.97. The third-order valence-corrected chi connectivity index (χ3v) is 3.11. The van der Waals surface area contributed by atoms with Crippen molar-refractivity contribution in [2.45, 2.75) is 32.2 Å². The van der Waals surface area contributed by atoms with E-state index in [1.165, 1.54) is 17.5 Å². The summed E-state index contributed by atoms with van der Waals surface area (Å²) in [6, 6.07) is 8.85. The van der Waals surface area contributed by atoms with Gasteiger partial charge in [-0.3, -0.25) is 0 Å². The summed E-state index contributed by atoms with van der Waals surface area (Å²) in [6.45, 7) is 5.37. The van der Waals surface area contributed by atoms with Crippen LogP contribution in [0.1, 0.15) is 43.4 Å². The summed E-state index contributed by atoms with van der Waals surface area (Å²) < 4.78 is 0. The third kappa shape index (κ3) is 3.62. The number of hydrogen-bond acceptors (Lipinski definition) is 2. The van der Waals surface area contributed by atoms with Gasteiger partial charge in [-0.05, 0) is 37.6 Å². The van der Waals surface area contributed by atoms with Crippen molar-refractivity contribution in [3.63, 3.8) is 0 Å². The third-order valence-electron chi connectivity index (χ3n) is 3.11. The summed E-state index contributed by atoms with van der Waals surface area (Å²) in [6.07, 6.45) is 1.18. The van der Waals surface area contributed by atoms with Crippen LogP contribution in [0.2, 0.25) is 0 Å². The Balaban J connectivity index is 2.70. The van der Waals surface area contributed by atoms with Crippen molar-refractivity contribution in [3.8, 4) is 0 Å². The van der Waals surface area contributed by atoms with Crippen LogP contribution in [0, 0.1) is 0 Å². The van der Waals surface area contributed by atoms with Crippen LogP contribution in [0.5, 0.6) is 0 Å². The topological polar surface area (TPSA) is 29.3 Å². The zero-order chi connectivity index (χ0) is 12.1. The van der Waals surface area contributed by atoms with Crippen molar-refractivity contribution in [1.29, 1.82) is 0 Å². The van der Waals surface area contributed by atoms with Crippen LogP contribution in [0.4, 0.5) is 0 Å². The highest BCUT2D eigenvalue weighted by molar-refractivity contribution is 5.27. The number of benzene rings is 1. The van der Waals surface area contributed by atoms with Crippen molar-refractivity contribution < 1.29 is 0 Å². The van der Waals surface area contributed by atoms with Gasteiger partial charge in [-0.2, -0.15) is 0 Å². The summed E-state index contributed by atoms with van der Waals surface area (Å²) in [7, 11) is 4.10. The van der Waals surface area contributed by atoms with Gasteiger partial charge in [-0.1, -0.05) is 38.1 Å². The number of rotatable bonds is 5. The quantitative estimate of drug-likeness (QED) is 0.826. The van der Waals surface area contributed by atoms with Gasteiger partial charge in [-0.15, -0.1) is 0 Å². The van der Waals surface area contributed by atoms with Crippen LogP contribution in [0.3, 0.4) is 0 Å². The summed E-state index contributed by atoms with van der Waals surface area (Å²) in [5, 5.41) is 0. The van der Waals surface area contributed by atoms with Gasteiger partial charge >= 0.3 is 0 Å². The van der Waals surface area contributed by atoms with Crippen LogP contribution < -0.4 is 5.73 Å². The summed E-state index contributed by atoms with van der Waals surface area (Å²) in [5.74, 6) is 0.638. The predicted octanol–water partition coefficient (Wildman–Crippen LogP) is 2.76. The first-order chi connectivity index (χ1) is 7.54. The molecule has 2 unspecified atom stereocenters. The Morgan fingerprint density at radius 3 is 2.06 bits per heavy atom. The highest BCUT2D eigenvalue weighted by atomic mass is 15.1. The molecule has 90 valence electrons. The Morgan fingerprint density at radius 2 is 1.62 bits per heavy atom. The summed E-state index contributed by atoms with van der Waals surface area (Å²) in [4.78, 5) is 2.12. The standard InChI is InChI=1S/C14H24N2/c1-5-11(2)12-6-8-13(9-7-12)14(15)10-16(3)4/h6-9,11,14H,5,10,15H2,1-4H3.